The summed E-state index contributed by atoms with van der Waals surface area (Å²) in [4.78, 5) is 27.3. The van der Waals surface area contributed by atoms with E-state index < -0.39 is 0 Å². The minimum Gasteiger partial charge on any atom is -0.497 e. The van der Waals surface area contributed by atoms with Crippen LogP contribution in [0.4, 0.5) is 0 Å². The quantitative estimate of drug-likeness (QED) is 0.834. The highest BCUT2D eigenvalue weighted by Crippen LogP contribution is 2.26. The molecule has 0 spiro atoms. The van der Waals surface area contributed by atoms with E-state index >= 15 is 0 Å². The molecule has 1 saturated heterocycles. The molecule has 6 nitrogen and oxygen atoms in total. The summed E-state index contributed by atoms with van der Waals surface area (Å²) >= 11 is 0. The Bertz CT molecular complexity index is 536. The third-order valence-electron chi connectivity index (χ3n) is 3.65. The lowest BCUT2D eigenvalue weighted by atomic mass is 10.1. The van der Waals surface area contributed by atoms with Crippen molar-refractivity contribution in [3.05, 3.63) is 23.8 Å². The van der Waals surface area contributed by atoms with E-state index in [1.807, 2.05) is 0 Å². The van der Waals surface area contributed by atoms with Gasteiger partial charge in [0, 0.05) is 39.2 Å². The highest BCUT2D eigenvalue weighted by atomic mass is 16.5. The zero-order chi connectivity index (χ0) is 15.4. The van der Waals surface area contributed by atoms with E-state index in [0.29, 0.717) is 43.2 Å². The molecule has 2 rings (SSSR count). The molecule has 114 valence electrons. The van der Waals surface area contributed by atoms with Crippen molar-refractivity contribution in [1.82, 2.24) is 9.80 Å². The van der Waals surface area contributed by atoms with Gasteiger partial charge in [-0.25, -0.2) is 0 Å². The van der Waals surface area contributed by atoms with E-state index in [0.717, 1.165) is 0 Å². The summed E-state index contributed by atoms with van der Waals surface area (Å²) in [6.45, 7) is 3.75. The maximum Gasteiger partial charge on any atom is 0.257 e. The number of carbonyl (C=O) groups is 2. The van der Waals surface area contributed by atoms with Crippen molar-refractivity contribution in [3.63, 3.8) is 0 Å². The molecule has 21 heavy (non-hydrogen) atoms. The van der Waals surface area contributed by atoms with Gasteiger partial charge >= 0.3 is 0 Å². The number of piperazine rings is 1. The van der Waals surface area contributed by atoms with Crippen LogP contribution < -0.4 is 9.47 Å². The number of benzene rings is 1. The van der Waals surface area contributed by atoms with Crippen LogP contribution in [-0.2, 0) is 4.79 Å². The van der Waals surface area contributed by atoms with Crippen LogP contribution >= 0.6 is 0 Å². The highest BCUT2D eigenvalue weighted by Gasteiger charge is 2.25. The van der Waals surface area contributed by atoms with Gasteiger partial charge in [-0.3, -0.25) is 9.59 Å². The van der Waals surface area contributed by atoms with E-state index in [1.54, 1.807) is 42.0 Å². The Morgan fingerprint density at radius 2 is 1.62 bits per heavy atom. The number of amides is 2. The first kappa shape index (κ1) is 15.2. The molecule has 0 unspecified atom stereocenters. The van der Waals surface area contributed by atoms with E-state index in [4.69, 9.17) is 9.47 Å². The first-order chi connectivity index (χ1) is 10.1. The Balaban J connectivity index is 2.12. The molecule has 0 aliphatic carbocycles. The molecule has 6 heteroatoms. The number of rotatable bonds is 3. The van der Waals surface area contributed by atoms with Crippen LogP contribution in [0.15, 0.2) is 18.2 Å². The molecular formula is C15H20N2O4. The molecule has 0 radical (unpaired) electrons. The lowest BCUT2D eigenvalue weighted by molar-refractivity contribution is -0.130. The normalized spacial score (nSPS) is 14.8. The average molecular weight is 292 g/mol. The molecule has 1 heterocycles. The Morgan fingerprint density at radius 3 is 2.14 bits per heavy atom. The van der Waals surface area contributed by atoms with Crippen molar-refractivity contribution in [2.24, 2.45) is 0 Å². The van der Waals surface area contributed by atoms with Crippen molar-refractivity contribution in [3.8, 4) is 11.5 Å². The molecule has 2 amide bonds. The second-order valence-corrected chi connectivity index (χ2v) is 4.86. The van der Waals surface area contributed by atoms with E-state index in [9.17, 15) is 9.59 Å². The maximum absolute atomic E-state index is 12.6. The number of carbonyl (C=O) groups excluding carboxylic acids is 2. The second kappa shape index (κ2) is 6.47. The predicted octanol–water partition coefficient (Wildman–Crippen LogP) is 1.01. The lowest BCUT2D eigenvalue weighted by Gasteiger charge is -2.34. The fraction of sp³-hybridized carbons (Fsp3) is 0.467. The summed E-state index contributed by atoms with van der Waals surface area (Å²) in [7, 11) is 3.09. The van der Waals surface area contributed by atoms with Gasteiger partial charge in [0.25, 0.3) is 5.91 Å². The van der Waals surface area contributed by atoms with Crippen molar-refractivity contribution in [1.29, 1.82) is 0 Å². The summed E-state index contributed by atoms with van der Waals surface area (Å²) < 4.78 is 10.4. The monoisotopic (exact) mass is 292 g/mol. The van der Waals surface area contributed by atoms with Crippen LogP contribution in [0.5, 0.6) is 11.5 Å². The second-order valence-electron chi connectivity index (χ2n) is 4.86. The summed E-state index contributed by atoms with van der Waals surface area (Å²) in [5.41, 5.74) is 0.509. The molecule has 1 fully saturated rings. The van der Waals surface area contributed by atoms with E-state index in [1.165, 1.54) is 7.11 Å². The predicted molar refractivity (Wildman–Crippen MR) is 77.7 cm³/mol. The number of ether oxygens (including phenoxy) is 2. The van der Waals surface area contributed by atoms with Crippen LogP contribution in [-0.4, -0.2) is 62.0 Å². The van der Waals surface area contributed by atoms with Crippen LogP contribution in [0.25, 0.3) is 0 Å². The molecule has 1 aliphatic rings. The number of methoxy groups -OCH3 is 2. The molecule has 1 aromatic carbocycles. The summed E-state index contributed by atoms with van der Waals surface area (Å²) in [6.07, 6.45) is 0. The zero-order valence-electron chi connectivity index (χ0n) is 12.6. The first-order valence-electron chi connectivity index (χ1n) is 6.83. The van der Waals surface area contributed by atoms with Gasteiger partial charge < -0.3 is 19.3 Å². The number of nitrogens with zero attached hydrogens (tertiary/aromatic N) is 2. The zero-order valence-corrected chi connectivity index (χ0v) is 12.6. The standard InChI is InChI=1S/C15H20N2O4/c1-11(18)16-6-8-17(9-7-16)15(19)13-5-4-12(20-2)10-14(13)21-3/h4-5,10H,6-9H2,1-3H3. The smallest absolute Gasteiger partial charge is 0.257 e. The lowest BCUT2D eigenvalue weighted by Crippen LogP contribution is -2.50. The largest absolute Gasteiger partial charge is 0.497 e. The summed E-state index contributed by atoms with van der Waals surface area (Å²) in [6, 6.07) is 5.14. The molecule has 0 saturated carbocycles. The van der Waals surface area contributed by atoms with Crippen molar-refractivity contribution in [2.75, 3.05) is 40.4 Å². The molecular weight excluding hydrogens is 272 g/mol. The fourth-order valence-electron chi connectivity index (χ4n) is 2.37. The Morgan fingerprint density at radius 1 is 1.00 bits per heavy atom. The SMILES string of the molecule is COc1ccc(C(=O)N2CCN(C(C)=O)CC2)c(OC)c1. The topological polar surface area (TPSA) is 59.1 Å². The van der Waals surface area contributed by atoms with Crippen LogP contribution in [0.1, 0.15) is 17.3 Å². The average Bonchev–Trinajstić information content (AvgIpc) is 2.53. The van der Waals surface area contributed by atoms with Crippen LogP contribution in [0.2, 0.25) is 0 Å². The summed E-state index contributed by atoms with van der Waals surface area (Å²) in [5.74, 6) is 1.10. The minimum absolute atomic E-state index is 0.0455. The van der Waals surface area contributed by atoms with Crippen molar-refractivity contribution in [2.45, 2.75) is 6.92 Å². The molecule has 0 atom stereocenters. The molecule has 0 N–H and O–H groups in total. The van der Waals surface area contributed by atoms with E-state index in [2.05, 4.69) is 0 Å². The van der Waals surface area contributed by atoms with Gasteiger partial charge in [-0.15, -0.1) is 0 Å². The fourth-order valence-corrected chi connectivity index (χ4v) is 2.37. The Hall–Kier alpha value is -2.24. The molecule has 1 aromatic rings. The Kier molecular flexibility index (Phi) is 4.67. The van der Waals surface area contributed by atoms with Crippen LogP contribution in [0, 0.1) is 0 Å². The van der Waals surface area contributed by atoms with Gasteiger partial charge in [0.15, 0.2) is 0 Å². The molecule has 0 aromatic heterocycles. The van der Waals surface area contributed by atoms with Gasteiger partial charge in [0.2, 0.25) is 5.91 Å². The van der Waals surface area contributed by atoms with Gasteiger partial charge in [-0.2, -0.15) is 0 Å². The maximum atomic E-state index is 12.6. The molecule has 1 aliphatic heterocycles. The van der Waals surface area contributed by atoms with Gasteiger partial charge in [-0.05, 0) is 12.1 Å². The van der Waals surface area contributed by atoms with Crippen molar-refractivity contribution >= 4 is 11.8 Å². The van der Waals surface area contributed by atoms with Gasteiger partial charge in [0.1, 0.15) is 11.5 Å². The third kappa shape index (κ3) is 3.26. The molecule has 0 bridgehead atoms. The number of hydrogen-bond donors (Lipinski definition) is 0. The number of hydrogen-bond acceptors (Lipinski definition) is 4. The highest BCUT2D eigenvalue weighted by molar-refractivity contribution is 5.97. The summed E-state index contributed by atoms with van der Waals surface area (Å²) in [5, 5.41) is 0. The van der Waals surface area contributed by atoms with Crippen molar-refractivity contribution < 1.29 is 19.1 Å². The van der Waals surface area contributed by atoms with Gasteiger partial charge in [0.05, 0.1) is 19.8 Å². The van der Waals surface area contributed by atoms with E-state index in [-0.39, 0.29) is 11.8 Å². The Labute approximate surface area is 124 Å². The first-order valence-corrected chi connectivity index (χ1v) is 6.83. The van der Waals surface area contributed by atoms with Gasteiger partial charge in [-0.1, -0.05) is 0 Å². The van der Waals surface area contributed by atoms with Crippen LogP contribution in [0.3, 0.4) is 0 Å². The minimum atomic E-state index is -0.0855. The third-order valence-corrected chi connectivity index (χ3v) is 3.65.